The minimum atomic E-state index is -4.42. The molecule has 0 saturated heterocycles. The number of aromatic amines is 1. The van der Waals surface area contributed by atoms with Crippen LogP contribution in [0, 0.1) is 5.82 Å². The highest BCUT2D eigenvalue weighted by atomic mass is 19.4. The van der Waals surface area contributed by atoms with E-state index in [0.717, 1.165) is 0 Å². The molecule has 1 N–H and O–H groups in total. The van der Waals surface area contributed by atoms with E-state index in [2.05, 4.69) is 14.7 Å². The van der Waals surface area contributed by atoms with Crippen molar-refractivity contribution in [2.24, 2.45) is 0 Å². The Morgan fingerprint density at radius 1 is 1.22 bits per heavy atom. The number of ether oxygens (including phenoxy) is 1. The number of fused-ring (bicyclic) bond motifs is 1. The van der Waals surface area contributed by atoms with E-state index in [1.54, 1.807) is 19.1 Å². The summed E-state index contributed by atoms with van der Waals surface area (Å²) >= 11 is 0. The van der Waals surface area contributed by atoms with Crippen molar-refractivity contribution in [3.05, 3.63) is 59.8 Å². The number of halogens is 4. The Kier molecular flexibility index (Phi) is 5.16. The molecule has 27 heavy (non-hydrogen) atoms. The van der Waals surface area contributed by atoms with Gasteiger partial charge in [0.15, 0.2) is 12.4 Å². The number of carbonyl (C=O) groups is 1. The molecule has 0 bridgehead atoms. The first-order valence-electron chi connectivity index (χ1n) is 8.18. The van der Waals surface area contributed by atoms with Crippen molar-refractivity contribution in [3.63, 3.8) is 0 Å². The first kappa shape index (κ1) is 18.9. The van der Waals surface area contributed by atoms with E-state index in [9.17, 15) is 22.4 Å². The number of carbonyl (C=O) groups excluding carboxylic acids is 1. The van der Waals surface area contributed by atoms with Gasteiger partial charge in [-0.05, 0) is 36.4 Å². The number of ketones is 1. The highest BCUT2D eigenvalue weighted by Gasteiger charge is 2.28. The van der Waals surface area contributed by atoms with Crippen LogP contribution in [-0.2, 0) is 0 Å². The third kappa shape index (κ3) is 4.84. The number of benzene rings is 1. The molecule has 0 radical (unpaired) electrons. The van der Waals surface area contributed by atoms with Crippen molar-refractivity contribution < 1.29 is 27.1 Å². The topological polar surface area (TPSA) is 55.0 Å². The molecule has 142 valence electrons. The number of rotatable bonds is 6. The van der Waals surface area contributed by atoms with Crippen molar-refractivity contribution in [1.29, 1.82) is 0 Å². The molecule has 3 aromatic rings. The maximum Gasteiger partial charge on any atom is 0.422 e. The van der Waals surface area contributed by atoms with E-state index in [1.165, 1.54) is 30.5 Å². The van der Waals surface area contributed by atoms with Gasteiger partial charge in [0.1, 0.15) is 11.6 Å². The van der Waals surface area contributed by atoms with Gasteiger partial charge in [-0.1, -0.05) is 6.92 Å². The number of H-pyrrole nitrogens is 1. The average molecular weight is 380 g/mol. The number of pyridine rings is 1. The van der Waals surface area contributed by atoms with Crippen molar-refractivity contribution >= 4 is 16.7 Å². The summed E-state index contributed by atoms with van der Waals surface area (Å²) in [7, 11) is 0. The van der Waals surface area contributed by atoms with Gasteiger partial charge >= 0.3 is 6.18 Å². The molecule has 0 fully saturated rings. The third-order valence-corrected chi connectivity index (χ3v) is 4.04. The molecule has 0 saturated carbocycles. The quantitative estimate of drug-likeness (QED) is 0.483. The molecule has 0 aliphatic heterocycles. The third-order valence-electron chi connectivity index (χ3n) is 4.04. The molecule has 0 aliphatic carbocycles. The molecule has 3 rings (SSSR count). The molecule has 1 aromatic carbocycles. The first-order chi connectivity index (χ1) is 12.7. The minimum absolute atomic E-state index is 0.00671. The zero-order valence-electron chi connectivity index (χ0n) is 14.3. The largest absolute Gasteiger partial charge is 0.483 e. The van der Waals surface area contributed by atoms with Gasteiger partial charge in [0, 0.05) is 28.9 Å². The van der Waals surface area contributed by atoms with Crippen molar-refractivity contribution in [2.75, 3.05) is 6.61 Å². The second-order valence-electron chi connectivity index (χ2n) is 6.27. The summed E-state index contributed by atoms with van der Waals surface area (Å²) in [6.45, 7) is 0.405. The van der Waals surface area contributed by atoms with E-state index >= 15 is 0 Å². The predicted octanol–water partition coefficient (Wildman–Crippen LogP) is 5.02. The van der Waals surface area contributed by atoms with Crippen LogP contribution in [0.15, 0.2) is 42.6 Å². The van der Waals surface area contributed by atoms with Crippen LogP contribution in [0.5, 0.6) is 5.75 Å². The van der Waals surface area contributed by atoms with Gasteiger partial charge in [0.05, 0.1) is 11.9 Å². The molecular formula is C19H16F4N2O2. The molecule has 0 unspecified atom stereocenters. The monoisotopic (exact) mass is 380 g/mol. The van der Waals surface area contributed by atoms with Gasteiger partial charge in [-0.15, -0.1) is 0 Å². The molecule has 2 heterocycles. The van der Waals surface area contributed by atoms with Crippen LogP contribution >= 0.6 is 0 Å². The highest BCUT2D eigenvalue weighted by molar-refractivity contribution is 5.99. The summed E-state index contributed by atoms with van der Waals surface area (Å²) in [5.74, 6) is -0.797. The second-order valence-corrected chi connectivity index (χ2v) is 6.27. The van der Waals surface area contributed by atoms with Crippen LogP contribution in [0.2, 0.25) is 0 Å². The fourth-order valence-electron chi connectivity index (χ4n) is 2.68. The Morgan fingerprint density at radius 3 is 2.67 bits per heavy atom. The SMILES string of the molecule is C[C@@H](CC(=O)c1cc2cc(F)ccc2[nH]1)c1ccc(OCC(F)(F)F)cn1. The average Bonchev–Trinajstić information content (AvgIpc) is 3.03. The summed E-state index contributed by atoms with van der Waals surface area (Å²) in [5, 5.41) is 0.607. The molecule has 0 aliphatic rings. The van der Waals surface area contributed by atoms with Crippen LogP contribution in [0.4, 0.5) is 17.6 Å². The van der Waals surface area contributed by atoms with E-state index in [0.29, 0.717) is 22.3 Å². The molecule has 4 nitrogen and oxygen atoms in total. The molecule has 8 heteroatoms. The van der Waals surface area contributed by atoms with Crippen LogP contribution in [-0.4, -0.2) is 28.5 Å². The molecular weight excluding hydrogens is 364 g/mol. The maximum absolute atomic E-state index is 13.3. The van der Waals surface area contributed by atoms with Crippen molar-refractivity contribution in [2.45, 2.75) is 25.4 Å². The molecule has 1 atom stereocenters. The standard InChI is InChI=1S/C19H16F4N2O2/c1-11(15-5-3-14(9-24-15)27-10-19(21,22)23)6-18(26)17-8-12-7-13(20)2-4-16(12)25-17/h2-5,7-9,11,25H,6,10H2,1H3/t11-/m0/s1. The zero-order valence-corrected chi connectivity index (χ0v) is 14.3. The lowest BCUT2D eigenvalue weighted by atomic mass is 9.99. The fraction of sp³-hybridized carbons (Fsp3) is 0.263. The number of aromatic nitrogens is 2. The van der Waals surface area contributed by atoms with Crippen LogP contribution in [0.25, 0.3) is 10.9 Å². The summed E-state index contributed by atoms with van der Waals surface area (Å²) in [6.07, 6.45) is -3.07. The Hall–Kier alpha value is -2.90. The maximum atomic E-state index is 13.3. The van der Waals surface area contributed by atoms with Crippen molar-refractivity contribution in [1.82, 2.24) is 9.97 Å². The van der Waals surface area contributed by atoms with E-state index in [-0.39, 0.29) is 29.7 Å². The van der Waals surface area contributed by atoms with Crippen LogP contribution in [0.1, 0.15) is 35.4 Å². The number of hydrogen-bond donors (Lipinski definition) is 1. The predicted molar refractivity (Wildman–Crippen MR) is 91.4 cm³/mol. The van der Waals surface area contributed by atoms with Gasteiger partial charge in [0.25, 0.3) is 0 Å². The van der Waals surface area contributed by atoms with Gasteiger partial charge in [-0.2, -0.15) is 13.2 Å². The van der Waals surface area contributed by atoms with E-state index in [1.807, 2.05) is 0 Å². The normalized spacial score (nSPS) is 12.9. The second kappa shape index (κ2) is 7.38. The Balaban J connectivity index is 1.65. The summed E-state index contributed by atoms with van der Waals surface area (Å²) in [4.78, 5) is 19.5. The Morgan fingerprint density at radius 2 is 2.00 bits per heavy atom. The summed E-state index contributed by atoms with van der Waals surface area (Å²) < 4.78 is 54.3. The fourth-order valence-corrected chi connectivity index (χ4v) is 2.68. The lowest BCUT2D eigenvalue weighted by Gasteiger charge is -2.12. The number of nitrogens with one attached hydrogen (secondary N) is 1. The van der Waals surface area contributed by atoms with Gasteiger partial charge in [-0.25, -0.2) is 4.39 Å². The number of nitrogens with zero attached hydrogens (tertiary/aromatic N) is 1. The Labute approximate surface area is 152 Å². The van der Waals surface area contributed by atoms with Crippen LogP contribution in [0.3, 0.4) is 0 Å². The highest BCUT2D eigenvalue weighted by Crippen LogP contribution is 2.24. The summed E-state index contributed by atoms with van der Waals surface area (Å²) in [5.41, 5.74) is 1.59. The molecule has 0 spiro atoms. The summed E-state index contributed by atoms with van der Waals surface area (Å²) in [6, 6.07) is 8.72. The first-order valence-corrected chi connectivity index (χ1v) is 8.18. The van der Waals surface area contributed by atoms with Crippen LogP contribution < -0.4 is 4.74 Å². The number of Topliss-reactive ketones (excluding diaryl/α,β-unsaturated/α-hetero) is 1. The van der Waals surface area contributed by atoms with E-state index in [4.69, 9.17) is 0 Å². The molecule has 2 aromatic heterocycles. The smallest absolute Gasteiger partial charge is 0.422 e. The van der Waals surface area contributed by atoms with E-state index < -0.39 is 12.8 Å². The minimum Gasteiger partial charge on any atom is -0.483 e. The number of alkyl halides is 3. The lowest BCUT2D eigenvalue weighted by Crippen LogP contribution is -2.19. The number of hydrogen-bond acceptors (Lipinski definition) is 3. The van der Waals surface area contributed by atoms with Gasteiger partial charge in [-0.3, -0.25) is 9.78 Å². The van der Waals surface area contributed by atoms with Gasteiger partial charge < -0.3 is 9.72 Å². The molecule has 0 amide bonds. The van der Waals surface area contributed by atoms with Gasteiger partial charge in [0.2, 0.25) is 0 Å². The zero-order chi connectivity index (χ0) is 19.6. The van der Waals surface area contributed by atoms with Crippen molar-refractivity contribution in [3.8, 4) is 5.75 Å². The lowest BCUT2D eigenvalue weighted by molar-refractivity contribution is -0.153. The Bertz CT molecular complexity index is 948.